The van der Waals surface area contributed by atoms with Crippen LogP contribution in [0.5, 0.6) is 0 Å². The highest BCUT2D eigenvalue weighted by molar-refractivity contribution is 6.54. The van der Waals surface area contributed by atoms with E-state index in [9.17, 15) is 15.0 Å². The van der Waals surface area contributed by atoms with Gasteiger partial charge >= 0.3 is 0 Å². The monoisotopic (exact) mass is 364 g/mol. The fourth-order valence-corrected chi connectivity index (χ4v) is 2.39. The molecule has 1 saturated heterocycles. The van der Waals surface area contributed by atoms with Gasteiger partial charge in [-0.2, -0.15) is 0 Å². The highest BCUT2D eigenvalue weighted by Crippen LogP contribution is 2.28. The number of hydrogen-bond donors (Lipinski definition) is 3. The van der Waals surface area contributed by atoms with Crippen LogP contribution in [0, 0.1) is 0 Å². The third-order valence-electron chi connectivity index (χ3n) is 2.84. The van der Waals surface area contributed by atoms with Crippen LogP contribution >= 0.6 is 35.0 Å². The van der Waals surface area contributed by atoms with Crippen molar-refractivity contribution < 1.29 is 31.0 Å². The summed E-state index contributed by atoms with van der Waals surface area (Å²) in [6, 6.07) is -1.41. The molecular weight excluding hydrogens is 348 g/mol. The van der Waals surface area contributed by atoms with Gasteiger partial charge in [0.15, 0.2) is 11.1 Å². The van der Waals surface area contributed by atoms with E-state index in [1.807, 2.05) is 0 Å². The number of amides is 1. The molecular formula is C11H16Cl3NO6. The maximum absolute atomic E-state index is 11.9. The minimum Gasteiger partial charge on any atom is -0.394 e. The summed E-state index contributed by atoms with van der Waals surface area (Å²) in [6.07, 6.45) is -4.24. The van der Waals surface area contributed by atoms with Crippen molar-refractivity contribution in [1.29, 1.82) is 0 Å². The average Bonchev–Trinajstić information content (AvgIpc) is 2.45. The summed E-state index contributed by atoms with van der Waals surface area (Å²) in [5, 5.41) is 29.1. The molecule has 0 spiro atoms. The van der Waals surface area contributed by atoms with Crippen LogP contribution in [0.1, 0.15) is 1.37 Å². The normalized spacial score (nSPS) is 34.2. The Hall–Kier alpha value is -0.120. The van der Waals surface area contributed by atoms with E-state index in [2.05, 4.69) is 6.58 Å². The molecule has 0 aromatic rings. The maximum atomic E-state index is 11.9. The molecule has 1 unspecified atom stereocenters. The number of aliphatic hydroxyl groups is 3. The third kappa shape index (κ3) is 4.43. The molecule has 0 aromatic heterocycles. The summed E-state index contributed by atoms with van der Waals surface area (Å²) >= 11 is 16.5. The molecule has 0 bridgehead atoms. The van der Waals surface area contributed by atoms with Gasteiger partial charge in [-0.3, -0.25) is 4.79 Å². The van der Waals surface area contributed by atoms with Gasteiger partial charge < -0.3 is 24.8 Å². The van der Waals surface area contributed by atoms with Gasteiger partial charge in [0, 0.05) is 11.8 Å². The van der Waals surface area contributed by atoms with Crippen LogP contribution in [0.4, 0.5) is 0 Å². The number of aliphatic hydroxyl groups excluding tert-OH is 3. The van der Waals surface area contributed by atoms with Gasteiger partial charge in [-0.1, -0.05) is 29.3 Å². The summed E-state index contributed by atoms with van der Waals surface area (Å²) in [5.74, 6) is -1.26. The van der Waals surface area contributed by atoms with Crippen LogP contribution in [-0.4, -0.2) is 74.3 Å². The van der Waals surface area contributed by atoms with Crippen LogP contribution < -0.4 is 0 Å². The lowest BCUT2D eigenvalue weighted by molar-refractivity contribution is -0.276. The van der Waals surface area contributed by atoms with Crippen LogP contribution in [-0.2, 0) is 14.3 Å². The van der Waals surface area contributed by atoms with Crippen molar-refractivity contribution in [2.45, 2.75) is 35.5 Å². The van der Waals surface area contributed by atoms with Crippen LogP contribution in [0.2, 0.25) is 0 Å². The highest BCUT2D eigenvalue weighted by atomic mass is 35.5. The first-order chi connectivity index (χ1) is 10.1. The molecule has 0 aliphatic carbocycles. The second kappa shape index (κ2) is 8.50. The van der Waals surface area contributed by atoms with Crippen molar-refractivity contribution in [1.82, 2.24) is 4.42 Å². The molecule has 1 fully saturated rings. The van der Waals surface area contributed by atoms with Crippen LogP contribution in [0.3, 0.4) is 0 Å². The summed E-state index contributed by atoms with van der Waals surface area (Å²) in [6.45, 7) is 2.82. The lowest BCUT2D eigenvalue weighted by Crippen LogP contribution is -2.64. The minimum absolute atomic E-state index is 0.0190. The van der Waals surface area contributed by atoms with E-state index >= 15 is 0 Å². The number of carbonyl (C=O) groups excluding carboxylic acids is 1. The summed E-state index contributed by atoms with van der Waals surface area (Å²) < 4.78 is 18.1. The maximum Gasteiger partial charge on any atom is 0.270 e. The first kappa shape index (κ1) is 17.2. The van der Waals surface area contributed by atoms with Gasteiger partial charge in [-0.05, 0) is 0 Å². The lowest BCUT2D eigenvalue weighted by Gasteiger charge is -2.44. The van der Waals surface area contributed by atoms with E-state index in [0.29, 0.717) is 4.42 Å². The fourth-order valence-electron chi connectivity index (χ4n) is 1.83. The predicted molar refractivity (Wildman–Crippen MR) is 75.9 cm³/mol. The molecule has 0 aromatic carbocycles. The van der Waals surface area contributed by atoms with Crippen LogP contribution in [0.25, 0.3) is 0 Å². The van der Waals surface area contributed by atoms with Crippen molar-refractivity contribution in [3.8, 4) is 0 Å². The Morgan fingerprint density at radius 1 is 1.52 bits per heavy atom. The number of rotatable bonds is 6. The van der Waals surface area contributed by atoms with Crippen molar-refractivity contribution >= 4 is 40.9 Å². The fraction of sp³-hybridized carbons (Fsp3) is 0.727. The number of hydrogen-bond acceptors (Lipinski definition) is 6. The number of carbonyl (C=O) groups is 1. The molecule has 122 valence electrons. The molecule has 1 aliphatic heterocycles. The van der Waals surface area contributed by atoms with Gasteiger partial charge in [0.05, 0.1) is 14.6 Å². The molecule has 21 heavy (non-hydrogen) atoms. The zero-order valence-corrected chi connectivity index (χ0v) is 13.0. The van der Waals surface area contributed by atoms with E-state index in [-0.39, 0.29) is 6.61 Å². The number of halogens is 3. The molecule has 5 atom stereocenters. The van der Waals surface area contributed by atoms with Gasteiger partial charge in [0.2, 0.25) is 0 Å². The summed E-state index contributed by atoms with van der Waals surface area (Å²) in [7, 11) is 0. The Labute approximate surface area is 138 Å². The largest absolute Gasteiger partial charge is 0.394 e. The first-order valence-corrected chi connectivity index (χ1v) is 6.96. The number of ether oxygens (including phenoxy) is 2. The minimum atomic E-state index is -2.59. The van der Waals surface area contributed by atoms with E-state index in [4.69, 9.17) is 50.9 Å². The molecule has 0 radical (unpaired) electrons. The van der Waals surface area contributed by atoms with Gasteiger partial charge in [0.25, 0.3) is 5.91 Å². The molecule has 10 heteroatoms. The first-order valence-electron chi connectivity index (χ1n) is 6.37. The van der Waals surface area contributed by atoms with Gasteiger partial charge in [-0.15, -0.1) is 6.58 Å². The predicted octanol–water partition coefficient (Wildman–Crippen LogP) is -0.217. The number of nitrogens with zero attached hydrogens (tertiary/aromatic N) is 1. The van der Waals surface area contributed by atoms with Crippen molar-refractivity contribution in [2.75, 3.05) is 13.2 Å². The second-order valence-electron chi connectivity index (χ2n) is 4.20. The molecule has 0 saturated carbocycles. The average molecular weight is 366 g/mol. The van der Waals surface area contributed by atoms with E-state index in [1.165, 1.54) is 6.08 Å². The number of alkyl halides is 2. The standard InChI is InChI=1S/C11H16Cl3NO6/c1-2-3-20-11-6(15(14)10(19)9(12)13)8(18)7(17)5(4-16)21-11/h2,5-9,11,16-18H,1,3-4H2/t5-,6-,7-,8-,11?/m1/s1/i9D. The highest BCUT2D eigenvalue weighted by Gasteiger charge is 2.49. The van der Waals surface area contributed by atoms with Gasteiger partial charge in [-0.25, -0.2) is 4.42 Å². The molecule has 1 amide bonds. The van der Waals surface area contributed by atoms with Crippen molar-refractivity contribution in [2.24, 2.45) is 0 Å². The molecule has 1 rings (SSSR count). The lowest BCUT2D eigenvalue weighted by atomic mass is 9.97. The molecule has 7 nitrogen and oxygen atoms in total. The van der Waals surface area contributed by atoms with E-state index < -0.39 is 48.0 Å². The van der Waals surface area contributed by atoms with Crippen molar-refractivity contribution in [3.63, 3.8) is 0 Å². The Kier molecular flexibility index (Phi) is 6.97. The SMILES string of the molecule is [2H]C(Cl)(Cl)C(=O)N(Cl)[C@H]1C(OCC=C)O[C@H](CO)[C@@H](O)[C@@H]1O. The quantitative estimate of drug-likeness (QED) is 0.342. The van der Waals surface area contributed by atoms with Crippen LogP contribution in [0.15, 0.2) is 12.7 Å². The Morgan fingerprint density at radius 3 is 2.62 bits per heavy atom. The zero-order chi connectivity index (χ0) is 17.1. The van der Waals surface area contributed by atoms with Gasteiger partial charge in [0.1, 0.15) is 24.4 Å². The summed E-state index contributed by atoms with van der Waals surface area (Å²) in [5.41, 5.74) is 0. The topological polar surface area (TPSA) is 99.5 Å². The molecule has 3 N–H and O–H groups in total. The van der Waals surface area contributed by atoms with Crippen molar-refractivity contribution in [3.05, 3.63) is 12.7 Å². The van der Waals surface area contributed by atoms with E-state index in [0.717, 1.165) is 0 Å². The smallest absolute Gasteiger partial charge is 0.270 e. The summed E-state index contributed by atoms with van der Waals surface area (Å²) in [4.78, 5) is 9.26. The Balaban J connectivity index is 3.03. The molecule has 1 aliphatic rings. The second-order valence-corrected chi connectivity index (χ2v) is 5.51. The molecule has 1 heterocycles. The Bertz CT molecular complexity index is 410. The Morgan fingerprint density at radius 2 is 2.14 bits per heavy atom. The zero-order valence-electron chi connectivity index (χ0n) is 11.7. The van der Waals surface area contributed by atoms with E-state index in [1.54, 1.807) is 0 Å². The third-order valence-corrected chi connectivity index (χ3v) is 3.55.